The first-order chi connectivity index (χ1) is 21.3. The monoisotopic (exact) mass is 548 g/mol. The maximum atomic E-state index is 6.33. The Morgan fingerprint density at radius 1 is 0.442 bits per heavy atom. The Bertz CT molecular complexity index is 2510. The van der Waals surface area contributed by atoms with Gasteiger partial charge in [0.2, 0.25) is 0 Å². The molecule has 0 fully saturated rings. The molecule has 6 aromatic carbocycles. The summed E-state index contributed by atoms with van der Waals surface area (Å²) in [5.74, 6) is 0. The quantitative estimate of drug-likeness (QED) is 0.206. The molecule has 3 heterocycles. The lowest BCUT2D eigenvalue weighted by Gasteiger charge is -2.10. The van der Waals surface area contributed by atoms with Crippen LogP contribution in [0.5, 0.6) is 0 Å². The number of nitrogens with zero attached hydrogens (tertiary/aromatic N) is 2. The average Bonchev–Trinajstić information content (AvgIpc) is 3.47. The minimum absolute atomic E-state index is 0.865. The Kier molecular flexibility index (Phi) is 5.20. The summed E-state index contributed by atoms with van der Waals surface area (Å²) in [7, 11) is 0. The number of benzene rings is 6. The molecule has 0 bridgehead atoms. The Labute approximate surface area is 247 Å². The summed E-state index contributed by atoms with van der Waals surface area (Å²) >= 11 is 0. The fraction of sp³-hybridized carbons (Fsp3) is 0. The first-order valence-electron chi connectivity index (χ1n) is 14.5. The van der Waals surface area contributed by atoms with Crippen LogP contribution in [0.25, 0.3) is 88.0 Å². The maximum Gasteiger partial charge on any atom is 0.136 e. The zero-order valence-electron chi connectivity index (χ0n) is 23.2. The van der Waals surface area contributed by atoms with Crippen molar-refractivity contribution in [2.75, 3.05) is 0 Å². The number of fused-ring (bicyclic) bond motifs is 8. The summed E-state index contributed by atoms with van der Waals surface area (Å²) in [6, 6.07) is 48.8. The van der Waals surface area contributed by atoms with Gasteiger partial charge in [0.05, 0.1) is 16.9 Å². The van der Waals surface area contributed by atoms with Gasteiger partial charge in [-0.2, -0.15) is 0 Å². The van der Waals surface area contributed by atoms with Gasteiger partial charge in [-0.15, -0.1) is 0 Å². The molecule has 43 heavy (non-hydrogen) atoms. The van der Waals surface area contributed by atoms with Crippen molar-refractivity contribution in [1.82, 2.24) is 9.97 Å². The van der Waals surface area contributed by atoms with Crippen molar-refractivity contribution in [1.29, 1.82) is 0 Å². The highest BCUT2D eigenvalue weighted by molar-refractivity contribution is 6.19. The van der Waals surface area contributed by atoms with Crippen LogP contribution in [0.1, 0.15) is 0 Å². The van der Waals surface area contributed by atoms with Crippen molar-refractivity contribution < 1.29 is 4.42 Å². The molecule has 0 N–H and O–H groups in total. The van der Waals surface area contributed by atoms with Gasteiger partial charge in [0.1, 0.15) is 11.2 Å². The molecule has 0 aliphatic carbocycles. The molecule has 9 rings (SSSR count). The summed E-state index contributed by atoms with van der Waals surface area (Å²) in [6.07, 6.45) is 1.95. The van der Waals surface area contributed by atoms with Crippen molar-refractivity contribution in [3.8, 4) is 33.6 Å². The van der Waals surface area contributed by atoms with Crippen LogP contribution in [-0.2, 0) is 0 Å². The number of furan rings is 1. The van der Waals surface area contributed by atoms with Gasteiger partial charge in [0, 0.05) is 33.3 Å². The third kappa shape index (κ3) is 3.83. The van der Waals surface area contributed by atoms with E-state index in [2.05, 4.69) is 133 Å². The van der Waals surface area contributed by atoms with E-state index in [0.717, 1.165) is 66.5 Å². The molecule has 0 saturated heterocycles. The van der Waals surface area contributed by atoms with Crippen LogP contribution in [-0.4, -0.2) is 9.97 Å². The van der Waals surface area contributed by atoms with Gasteiger partial charge in [-0.05, 0) is 69.2 Å². The topological polar surface area (TPSA) is 38.9 Å². The summed E-state index contributed by atoms with van der Waals surface area (Å²) in [4.78, 5) is 9.91. The second kappa shape index (κ2) is 9.37. The first kappa shape index (κ1) is 23.9. The number of pyridine rings is 2. The molecule has 3 heteroatoms. The van der Waals surface area contributed by atoms with Gasteiger partial charge in [0.15, 0.2) is 0 Å². The predicted octanol–water partition coefficient (Wildman–Crippen LogP) is 10.8. The summed E-state index contributed by atoms with van der Waals surface area (Å²) < 4.78 is 6.33. The fourth-order valence-electron chi connectivity index (χ4n) is 6.41. The Hall–Kier alpha value is -5.80. The van der Waals surface area contributed by atoms with E-state index in [9.17, 15) is 0 Å². The smallest absolute Gasteiger partial charge is 0.136 e. The minimum atomic E-state index is 0.865. The van der Waals surface area contributed by atoms with Crippen molar-refractivity contribution in [3.63, 3.8) is 0 Å². The van der Waals surface area contributed by atoms with Gasteiger partial charge >= 0.3 is 0 Å². The van der Waals surface area contributed by atoms with Crippen LogP contribution in [0.4, 0.5) is 0 Å². The number of hydrogen-bond donors (Lipinski definition) is 0. The lowest BCUT2D eigenvalue weighted by atomic mass is 9.98. The molecule has 0 aliphatic rings. The van der Waals surface area contributed by atoms with E-state index in [1.54, 1.807) is 0 Å². The van der Waals surface area contributed by atoms with E-state index in [1.807, 2.05) is 12.3 Å². The van der Waals surface area contributed by atoms with E-state index >= 15 is 0 Å². The maximum absolute atomic E-state index is 6.33. The molecule has 200 valence electrons. The molecular weight excluding hydrogens is 524 g/mol. The lowest BCUT2D eigenvalue weighted by Crippen LogP contribution is -1.92. The molecule has 0 atom stereocenters. The molecule has 0 radical (unpaired) electrons. The zero-order chi connectivity index (χ0) is 28.3. The molecule has 0 spiro atoms. The highest BCUT2D eigenvalue weighted by Crippen LogP contribution is 2.37. The fourth-order valence-corrected chi connectivity index (χ4v) is 6.41. The molecule has 3 nitrogen and oxygen atoms in total. The van der Waals surface area contributed by atoms with Crippen LogP contribution in [0, 0.1) is 0 Å². The number of rotatable bonds is 3. The van der Waals surface area contributed by atoms with Crippen molar-refractivity contribution in [2.45, 2.75) is 0 Å². The molecule has 0 aliphatic heterocycles. The zero-order valence-corrected chi connectivity index (χ0v) is 23.2. The van der Waals surface area contributed by atoms with Crippen LogP contribution in [0.15, 0.2) is 150 Å². The van der Waals surface area contributed by atoms with E-state index in [-0.39, 0.29) is 0 Å². The van der Waals surface area contributed by atoms with E-state index in [1.165, 1.54) is 21.5 Å². The van der Waals surface area contributed by atoms with Crippen LogP contribution >= 0.6 is 0 Å². The standard InChI is InChI=1S/C40H24N2O/c1-2-11-30-25(8-1)18-21-37-39(30)34-19-16-28(23-38(34)43-37)26-9-7-10-27(22-26)29-17-20-36(41-24-29)40-33-14-4-3-12-31(33)32-13-5-6-15-35(32)42-40/h1-24H. The first-order valence-corrected chi connectivity index (χ1v) is 14.5. The molecule has 3 aromatic heterocycles. The third-order valence-electron chi connectivity index (χ3n) is 8.51. The second-order valence-corrected chi connectivity index (χ2v) is 11.0. The summed E-state index contributed by atoms with van der Waals surface area (Å²) in [5, 5.41) is 8.21. The van der Waals surface area contributed by atoms with Gasteiger partial charge in [-0.3, -0.25) is 4.98 Å². The van der Waals surface area contributed by atoms with Crippen LogP contribution < -0.4 is 0 Å². The third-order valence-corrected chi connectivity index (χ3v) is 8.51. The second-order valence-electron chi connectivity index (χ2n) is 11.0. The van der Waals surface area contributed by atoms with Crippen molar-refractivity contribution >= 4 is 54.4 Å². The van der Waals surface area contributed by atoms with Gasteiger partial charge in [-0.1, -0.05) is 103 Å². The normalized spacial score (nSPS) is 11.7. The highest BCUT2D eigenvalue weighted by atomic mass is 16.3. The van der Waals surface area contributed by atoms with E-state index in [0.29, 0.717) is 0 Å². The minimum Gasteiger partial charge on any atom is -0.456 e. The van der Waals surface area contributed by atoms with E-state index < -0.39 is 0 Å². The SMILES string of the molecule is c1cc(-c2ccc(-c3nc4ccccc4c4ccccc34)nc2)cc(-c2ccc3c(c2)oc2ccc4ccccc4c23)c1. The number of hydrogen-bond acceptors (Lipinski definition) is 3. The molecular formula is C40H24N2O. The largest absolute Gasteiger partial charge is 0.456 e. The Morgan fingerprint density at radius 3 is 2.02 bits per heavy atom. The van der Waals surface area contributed by atoms with Crippen LogP contribution in [0.3, 0.4) is 0 Å². The number of para-hydroxylation sites is 1. The van der Waals surface area contributed by atoms with E-state index in [4.69, 9.17) is 14.4 Å². The van der Waals surface area contributed by atoms with Gasteiger partial charge in [-0.25, -0.2) is 4.98 Å². The average molecular weight is 549 g/mol. The summed E-state index contributed by atoms with van der Waals surface area (Å²) in [6.45, 7) is 0. The van der Waals surface area contributed by atoms with Gasteiger partial charge < -0.3 is 4.42 Å². The number of aromatic nitrogens is 2. The predicted molar refractivity (Wildman–Crippen MR) is 178 cm³/mol. The molecule has 0 unspecified atom stereocenters. The molecule has 9 aromatic rings. The lowest BCUT2D eigenvalue weighted by molar-refractivity contribution is 0.669. The highest BCUT2D eigenvalue weighted by Gasteiger charge is 2.13. The van der Waals surface area contributed by atoms with Gasteiger partial charge in [0.25, 0.3) is 0 Å². The summed E-state index contributed by atoms with van der Waals surface area (Å²) in [5.41, 5.74) is 8.99. The van der Waals surface area contributed by atoms with Crippen LogP contribution in [0.2, 0.25) is 0 Å². The molecule has 0 amide bonds. The Morgan fingerprint density at radius 2 is 1.16 bits per heavy atom. The molecule has 0 saturated carbocycles. The van der Waals surface area contributed by atoms with Crippen molar-refractivity contribution in [3.05, 3.63) is 146 Å². The Balaban J connectivity index is 1.10. The van der Waals surface area contributed by atoms with Crippen molar-refractivity contribution in [2.24, 2.45) is 0 Å².